The van der Waals surface area contributed by atoms with E-state index in [0.717, 1.165) is 37.5 Å². The minimum Gasteiger partial charge on any atom is -0.493 e. The molecular weight excluding hydrogens is 304 g/mol. The first kappa shape index (κ1) is 16.2. The molecule has 0 unspecified atom stereocenters. The Labute approximate surface area is 141 Å². The molecule has 126 valence electrons. The van der Waals surface area contributed by atoms with Crippen molar-refractivity contribution in [3.63, 3.8) is 0 Å². The Bertz CT molecular complexity index is 628. The van der Waals surface area contributed by atoms with Crippen LogP contribution in [0.3, 0.4) is 0 Å². The molecule has 0 saturated carbocycles. The van der Waals surface area contributed by atoms with Crippen LogP contribution in [0.15, 0.2) is 48.9 Å². The first-order valence-corrected chi connectivity index (χ1v) is 8.29. The molecule has 1 aromatic heterocycles. The highest BCUT2D eigenvalue weighted by Crippen LogP contribution is 2.16. The molecule has 0 spiro atoms. The van der Waals surface area contributed by atoms with E-state index in [4.69, 9.17) is 4.74 Å². The summed E-state index contributed by atoms with van der Waals surface area (Å²) in [6, 6.07) is 9.77. The molecule has 1 aromatic carbocycles. The monoisotopic (exact) mass is 326 g/mol. The summed E-state index contributed by atoms with van der Waals surface area (Å²) < 4.78 is 5.56. The van der Waals surface area contributed by atoms with Gasteiger partial charge >= 0.3 is 0 Å². The second-order valence-electron chi connectivity index (χ2n) is 5.80. The fourth-order valence-electron chi connectivity index (χ4n) is 2.79. The number of hydrogen-bond acceptors (Lipinski definition) is 5. The molecule has 0 aliphatic carbocycles. The molecule has 1 N–H and O–H groups in total. The van der Waals surface area contributed by atoms with Gasteiger partial charge in [0.25, 0.3) is 0 Å². The number of benzene rings is 1. The van der Waals surface area contributed by atoms with Crippen LogP contribution < -0.4 is 15.0 Å². The highest BCUT2D eigenvalue weighted by atomic mass is 16.5. The summed E-state index contributed by atoms with van der Waals surface area (Å²) >= 11 is 0. The number of carbonyl (C=O) groups is 1. The average molecular weight is 326 g/mol. The quantitative estimate of drug-likeness (QED) is 0.880. The molecule has 2 heterocycles. The lowest BCUT2D eigenvalue weighted by atomic mass is 10.0. The van der Waals surface area contributed by atoms with Crippen LogP contribution in [-0.4, -0.2) is 41.6 Å². The number of nitrogens with zero attached hydrogens (tertiary/aromatic N) is 3. The normalized spacial score (nSPS) is 15.1. The molecule has 1 aliphatic rings. The van der Waals surface area contributed by atoms with Gasteiger partial charge in [-0.1, -0.05) is 18.2 Å². The third kappa shape index (κ3) is 4.68. The van der Waals surface area contributed by atoms with Crippen molar-refractivity contribution in [3.8, 4) is 5.75 Å². The van der Waals surface area contributed by atoms with Gasteiger partial charge in [-0.25, -0.2) is 4.98 Å². The Morgan fingerprint density at radius 2 is 2.00 bits per heavy atom. The van der Waals surface area contributed by atoms with E-state index in [0.29, 0.717) is 13.0 Å². The van der Waals surface area contributed by atoms with Gasteiger partial charge < -0.3 is 15.0 Å². The summed E-state index contributed by atoms with van der Waals surface area (Å²) in [6.45, 7) is 2.16. The largest absolute Gasteiger partial charge is 0.493 e. The van der Waals surface area contributed by atoms with Gasteiger partial charge in [0.05, 0.1) is 19.2 Å². The van der Waals surface area contributed by atoms with Crippen LogP contribution in [0.1, 0.15) is 19.3 Å². The topological polar surface area (TPSA) is 67.3 Å². The van der Waals surface area contributed by atoms with E-state index < -0.39 is 0 Å². The van der Waals surface area contributed by atoms with E-state index in [1.807, 2.05) is 30.3 Å². The van der Waals surface area contributed by atoms with Crippen molar-refractivity contribution in [1.29, 1.82) is 0 Å². The van der Waals surface area contributed by atoms with E-state index in [-0.39, 0.29) is 11.9 Å². The van der Waals surface area contributed by atoms with Crippen LogP contribution in [0.25, 0.3) is 0 Å². The van der Waals surface area contributed by atoms with Crippen molar-refractivity contribution in [2.75, 3.05) is 24.6 Å². The predicted molar refractivity (Wildman–Crippen MR) is 92.0 cm³/mol. The molecule has 6 heteroatoms. The third-order valence-electron chi connectivity index (χ3n) is 4.07. The van der Waals surface area contributed by atoms with Gasteiger partial charge in [0.1, 0.15) is 11.6 Å². The molecule has 1 amide bonds. The lowest BCUT2D eigenvalue weighted by Crippen LogP contribution is -2.45. The molecule has 0 radical (unpaired) electrons. The SMILES string of the molecule is O=C(CCOc1ccccc1)NC1CCN(c2cnccn2)CC1. The molecule has 1 saturated heterocycles. The Morgan fingerprint density at radius 1 is 1.21 bits per heavy atom. The first-order valence-electron chi connectivity index (χ1n) is 8.29. The average Bonchev–Trinajstić information content (AvgIpc) is 2.64. The maximum absolute atomic E-state index is 12.0. The summed E-state index contributed by atoms with van der Waals surface area (Å²) in [5.74, 6) is 1.74. The fourth-order valence-corrected chi connectivity index (χ4v) is 2.79. The summed E-state index contributed by atoms with van der Waals surface area (Å²) in [6.07, 6.45) is 7.37. The molecule has 24 heavy (non-hydrogen) atoms. The van der Waals surface area contributed by atoms with Gasteiger partial charge in [0.15, 0.2) is 0 Å². The number of amides is 1. The van der Waals surface area contributed by atoms with Crippen LogP contribution in [-0.2, 0) is 4.79 Å². The van der Waals surface area contributed by atoms with Crippen molar-refractivity contribution in [2.45, 2.75) is 25.3 Å². The lowest BCUT2D eigenvalue weighted by molar-refractivity contribution is -0.122. The smallest absolute Gasteiger partial charge is 0.223 e. The standard InChI is InChI=1S/C18H22N4O2/c23-18(8-13-24-16-4-2-1-3-5-16)21-15-6-11-22(12-7-15)17-14-19-9-10-20-17/h1-5,9-10,14-15H,6-8,11-13H2,(H,21,23). The van der Waals surface area contributed by atoms with Crippen molar-refractivity contribution >= 4 is 11.7 Å². The Balaban J connectivity index is 1.36. The number of rotatable bonds is 6. The summed E-state index contributed by atoms with van der Waals surface area (Å²) in [7, 11) is 0. The van der Waals surface area contributed by atoms with Crippen LogP contribution in [0.2, 0.25) is 0 Å². The summed E-state index contributed by atoms with van der Waals surface area (Å²) in [4.78, 5) is 22.6. The third-order valence-corrected chi connectivity index (χ3v) is 4.07. The highest BCUT2D eigenvalue weighted by molar-refractivity contribution is 5.76. The van der Waals surface area contributed by atoms with Gasteiger partial charge in [0, 0.05) is 31.5 Å². The second kappa shape index (κ2) is 8.29. The molecule has 1 aliphatic heterocycles. The van der Waals surface area contributed by atoms with Gasteiger partial charge in [-0.05, 0) is 25.0 Å². The number of para-hydroxylation sites is 1. The number of nitrogens with one attached hydrogen (secondary N) is 1. The summed E-state index contributed by atoms with van der Waals surface area (Å²) in [5.41, 5.74) is 0. The zero-order chi connectivity index (χ0) is 16.6. The van der Waals surface area contributed by atoms with Crippen LogP contribution in [0.5, 0.6) is 5.75 Å². The zero-order valence-corrected chi connectivity index (χ0v) is 13.6. The van der Waals surface area contributed by atoms with Gasteiger partial charge in [-0.15, -0.1) is 0 Å². The number of ether oxygens (including phenoxy) is 1. The predicted octanol–water partition coefficient (Wildman–Crippen LogP) is 2.03. The maximum Gasteiger partial charge on any atom is 0.223 e. The molecule has 2 aromatic rings. The molecule has 0 atom stereocenters. The van der Waals surface area contributed by atoms with Crippen molar-refractivity contribution in [2.24, 2.45) is 0 Å². The molecule has 1 fully saturated rings. The minimum atomic E-state index is 0.0453. The lowest BCUT2D eigenvalue weighted by Gasteiger charge is -2.32. The van der Waals surface area contributed by atoms with E-state index in [9.17, 15) is 4.79 Å². The maximum atomic E-state index is 12.0. The minimum absolute atomic E-state index is 0.0453. The number of piperidine rings is 1. The fraction of sp³-hybridized carbons (Fsp3) is 0.389. The zero-order valence-electron chi connectivity index (χ0n) is 13.6. The molecular formula is C18H22N4O2. The first-order chi connectivity index (χ1) is 11.8. The van der Waals surface area contributed by atoms with Crippen LogP contribution >= 0.6 is 0 Å². The Hall–Kier alpha value is -2.63. The Morgan fingerprint density at radius 3 is 2.71 bits per heavy atom. The Kier molecular flexibility index (Phi) is 5.61. The second-order valence-corrected chi connectivity index (χ2v) is 5.80. The van der Waals surface area contributed by atoms with Crippen molar-refractivity contribution < 1.29 is 9.53 Å². The van der Waals surface area contributed by atoms with Gasteiger partial charge in [0.2, 0.25) is 5.91 Å². The number of hydrogen-bond donors (Lipinski definition) is 1. The van der Waals surface area contributed by atoms with Crippen LogP contribution in [0.4, 0.5) is 5.82 Å². The van der Waals surface area contributed by atoms with E-state index in [1.165, 1.54) is 0 Å². The highest BCUT2D eigenvalue weighted by Gasteiger charge is 2.21. The van der Waals surface area contributed by atoms with E-state index in [1.54, 1.807) is 18.6 Å². The summed E-state index contributed by atoms with van der Waals surface area (Å²) in [5, 5.41) is 3.10. The molecule has 6 nitrogen and oxygen atoms in total. The number of anilines is 1. The van der Waals surface area contributed by atoms with Crippen molar-refractivity contribution in [1.82, 2.24) is 15.3 Å². The van der Waals surface area contributed by atoms with E-state index >= 15 is 0 Å². The molecule has 0 bridgehead atoms. The van der Waals surface area contributed by atoms with Crippen molar-refractivity contribution in [3.05, 3.63) is 48.9 Å². The number of aromatic nitrogens is 2. The number of carbonyl (C=O) groups excluding carboxylic acids is 1. The molecule has 3 rings (SSSR count). The van der Waals surface area contributed by atoms with Gasteiger partial charge in [-0.3, -0.25) is 9.78 Å². The van der Waals surface area contributed by atoms with Gasteiger partial charge in [-0.2, -0.15) is 0 Å². The van der Waals surface area contributed by atoms with E-state index in [2.05, 4.69) is 20.2 Å². The van der Waals surface area contributed by atoms with Crippen LogP contribution in [0, 0.1) is 0 Å².